The number of tetrazole rings is 1. The second-order valence-corrected chi connectivity index (χ2v) is 4.19. The van der Waals surface area contributed by atoms with Gasteiger partial charge in [0.2, 0.25) is 5.95 Å². The summed E-state index contributed by atoms with van der Waals surface area (Å²) in [4.78, 5) is 8.81. The fourth-order valence-electron chi connectivity index (χ4n) is 1.42. The van der Waals surface area contributed by atoms with Crippen LogP contribution in [0.3, 0.4) is 0 Å². The van der Waals surface area contributed by atoms with E-state index in [1.54, 1.807) is 23.1 Å². The zero-order valence-corrected chi connectivity index (χ0v) is 10.8. The van der Waals surface area contributed by atoms with Crippen molar-refractivity contribution in [3.63, 3.8) is 0 Å². The van der Waals surface area contributed by atoms with Gasteiger partial charge in [-0.1, -0.05) is 12.2 Å². The van der Waals surface area contributed by atoms with Crippen molar-refractivity contribution in [2.75, 3.05) is 5.32 Å². The molecule has 0 aliphatic rings. The first-order valence-corrected chi connectivity index (χ1v) is 5.94. The van der Waals surface area contributed by atoms with Gasteiger partial charge in [-0.2, -0.15) is 0 Å². The molecule has 8 heteroatoms. The first-order valence-electron chi connectivity index (χ1n) is 5.54. The van der Waals surface area contributed by atoms with E-state index in [0.717, 1.165) is 30.1 Å². The van der Waals surface area contributed by atoms with Crippen molar-refractivity contribution in [2.45, 2.75) is 19.3 Å². The molecule has 2 heterocycles. The minimum absolute atomic E-state index is 0.530. The molecule has 0 unspecified atom stereocenters. The third-order valence-electron chi connectivity index (χ3n) is 2.33. The van der Waals surface area contributed by atoms with Gasteiger partial charge in [-0.15, -0.1) is 5.10 Å². The van der Waals surface area contributed by atoms with Crippen molar-refractivity contribution in [3.8, 4) is 0 Å². The molecule has 0 saturated heterocycles. The number of aryl methyl sites for hydroxylation is 2. The molecule has 0 radical (unpaired) electrons. The Morgan fingerprint density at radius 3 is 2.83 bits per heavy atom. The minimum atomic E-state index is 0.530. The van der Waals surface area contributed by atoms with E-state index >= 15 is 0 Å². The van der Waals surface area contributed by atoms with Crippen LogP contribution >= 0.6 is 12.2 Å². The lowest BCUT2D eigenvalue weighted by molar-refractivity contribution is 0.664. The van der Waals surface area contributed by atoms with Crippen LogP contribution in [0.2, 0.25) is 0 Å². The summed E-state index contributed by atoms with van der Waals surface area (Å²) in [6.07, 6.45) is 5.76. The highest BCUT2D eigenvalue weighted by Crippen LogP contribution is 2.03. The molecule has 0 aromatic carbocycles. The van der Waals surface area contributed by atoms with Crippen LogP contribution in [-0.2, 0) is 13.5 Å². The van der Waals surface area contributed by atoms with Gasteiger partial charge in [0, 0.05) is 25.9 Å². The lowest BCUT2D eigenvalue weighted by atomic mass is 10.2. The highest BCUT2D eigenvalue weighted by atomic mass is 32.1. The van der Waals surface area contributed by atoms with Gasteiger partial charge in [-0.05, 0) is 29.3 Å². The molecule has 0 atom stereocenters. The average molecular weight is 263 g/mol. The topological polar surface area (TPSA) is 81.4 Å². The maximum Gasteiger partial charge on any atom is 0.227 e. The predicted octanol–water partition coefficient (Wildman–Crippen LogP) is 0.762. The van der Waals surface area contributed by atoms with Crippen LogP contribution in [0.4, 0.5) is 5.95 Å². The van der Waals surface area contributed by atoms with Gasteiger partial charge in [0.15, 0.2) is 5.82 Å². The van der Waals surface area contributed by atoms with Crippen LogP contribution in [0, 0.1) is 0 Å². The molecule has 0 saturated carbocycles. The number of aromatic nitrogens is 6. The zero-order chi connectivity index (χ0) is 12.8. The second kappa shape index (κ2) is 6.10. The molecule has 0 bridgehead atoms. The Labute approximate surface area is 110 Å². The van der Waals surface area contributed by atoms with Crippen LogP contribution in [0.25, 0.3) is 0 Å². The van der Waals surface area contributed by atoms with Gasteiger partial charge >= 0.3 is 0 Å². The molecule has 0 amide bonds. The lowest BCUT2D eigenvalue weighted by Gasteiger charge is -2.05. The highest BCUT2D eigenvalue weighted by Gasteiger charge is 2.04. The van der Waals surface area contributed by atoms with E-state index in [4.69, 9.17) is 12.2 Å². The molecular weight excluding hydrogens is 250 g/mol. The normalized spacial score (nSPS) is 10.3. The molecule has 0 aliphatic heterocycles. The maximum absolute atomic E-state index is 5.21. The fraction of sp³-hybridized carbons (Fsp3) is 0.400. The van der Waals surface area contributed by atoms with Gasteiger partial charge in [-0.25, -0.2) is 14.6 Å². The Bertz CT molecular complexity index is 510. The predicted molar refractivity (Wildman–Crippen MR) is 70.0 cm³/mol. The molecule has 94 valence electrons. The van der Waals surface area contributed by atoms with Crippen molar-refractivity contribution in [3.05, 3.63) is 24.3 Å². The zero-order valence-electron chi connectivity index (χ0n) is 9.94. The molecule has 0 fully saturated rings. The van der Waals surface area contributed by atoms with Crippen molar-refractivity contribution in [1.82, 2.24) is 30.2 Å². The van der Waals surface area contributed by atoms with E-state index in [1.807, 2.05) is 7.05 Å². The second-order valence-electron chi connectivity index (χ2n) is 3.69. The number of hydrogen-bond acceptors (Lipinski definition) is 6. The number of anilines is 1. The van der Waals surface area contributed by atoms with Gasteiger partial charge in [0.1, 0.15) is 0 Å². The number of nitrogens with zero attached hydrogens (tertiary/aromatic N) is 6. The number of nitrogens with one attached hydrogen (secondary N) is 1. The van der Waals surface area contributed by atoms with E-state index < -0.39 is 0 Å². The summed E-state index contributed by atoms with van der Waals surface area (Å²) in [5.41, 5.74) is 0. The van der Waals surface area contributed by atoms with Gasteiger partial charge in [0.25, 0.3) is 0 Å². The van der Waals surface area contributed by atoms with Crippen molar-refractivity contribution < 1.29 is 0 Å². The van der Waals surface area contributed by atoms with Crippen molar-refractivity contribution >= 4 is 23.2 Å². The standard InChI is InChI=1S/C10H13N7S/c1-17-8(14-15-16-17)4-2-5-9(18)13-10-11-6-3-7-12-10/h3,6-7H,2,4-5H2,1H3,(H,11,12,13,18). The summed E-state index contributed by atoms with van der Waals surface area (Å²) in [5, 5.41) is 14.2. The van der Waals surface area contributed by atoms with E-state index in [0.29, 0.717) is 5.95 Å². The lowest BCUT2D eigenvalue weighted by Crippen LogP contribution is -2.12. The molecule has 7 nitrogen and oxygen atoms in total. The van der Waals surface area contributed by atoms with E-state index in [2.05, 4.69) is 30.8 Å². The van der Waals surface area contributed by atoms with E-state index in [9.17, 15) is 0 Å². The van der Waals surface area contributed by atoms with Crippen LogP contribution in [0.5, 0.6) is 0 Å². The van der Waals surface area contributed by atoms with Gasteiger partial charge < -0.3 is 5.32 Å². The Kier molecular flexibility index (Phi) is 4.24. The molecule has 2 rings (SSSR count). The van der Waals surface area contributed by atoms with Crippen molar-refractivity contribution in [1.29, 1.82) is 0 Å². The van der Waals surface area contributed by atoms with Crippen LogP contribution < -0.4 is 5.32 Å². The molecule has 2 aromatic heterocycles. The third kappa shape index (κ3) is 3.52. The third-order valence-corrected chi connectivity index (χ3v) is 2.64. The van der Waals surface area contributed by atoms with Crippen LogP contribution in [-0.4, -0.2) is 35.2 Å². The Morgan fingerprint density at radius 2 is 2.17 bits per heavy atom. The summed E-state index contributed by atoms with van der Waals surface area (Å²) in [5.74, 6) is 1.39. The highest BCUT2D eigenvalue weighted by molar-refractivity contribution is 7.80. The smallest absolute Gasteiger partial charge is 0.227 e. The molecule has 1 N–H and O–H groups in total. The maximum atomic E-state index is 5.21. The first kappa shape index (κ1) is 12.5. The quantitative estimate of drug-likeness (QED) is 0.797. The number of thiocarbonyl (C=S) groups is 1. The van der Waals surface area contributed by atoms with Crippen LogP contribution in [0.1, 0.15) is 18.7 Å². The van der Waals surface area contributed by atoms with E-state index in [-0.39, 0.29) is 0 Å². The van der Waals surface area contributed by atoms with Gasteiger partial charge in [-0.3, -0.25) is 0 Å². The molecular formula is C10H13N7S. The molecule has 0 aliphatic carbocycles. The monoisotopic (exact) mass is 263 g/mol. The summed E-state index contributed by atoms with van der Waals surface area (Å²) in [7, 11) is 1.82. The largest absolute Gasteiger partial charge is 0.319 e. The Morgan fingerprint density at radius 1 is 1.39 bits per heavy atom. The first-order chi connectivity index (χ1) is 8.75. The Balaban J connectivity index is 1.74. The summed E-state index contributed by atoms with van der Waals surface area (Å²) >= 11 is 5.21. The summed E-state index contributed by atoms with van der Waals surface area (Å²) < 4.78 is 1.66. The van der Waals surface area contributed by atoms with Crippen LogP contribution in [0.15, 0.2) is 18.5 Å². The molecule has 18 heavy (non-hydrogen) atoms. The molecule has 2 aromatic rings. The summed E-state index contributed by atoms with van der Waals surface area (Å²) in [6, 6.07) is 1.76. The average Bonchev–Trinajstić information content (AvgIpc) is 2.76. The summed E-state index contributed by atoms with van der Waals surface area (Å²) in [6.45, 7) is 0. The molecule has 0 spiro atoms. The van der Waals surface area contributed by atoms with Gasteiger partial charge in [0.05, 0.1) is 4.99 Å². The number of hydrogen-bond donors (Lipinski definition) is 1. The fourth-order valence-corrected chi connectivity index (χ4v) is 1.65. The minimum Gasteiger partial charge on any atom is -0.319 e. The van der Waals surface area contributed by atoms with E-state index in [1.165, 1.54) is 0 Å². The SMILES string of the molecule is Cn1nnnc1CCCC(=S)Nc1ncccn1. The van der Waals surface area contributed by atoms with Crippen molar-refractivity contribution in [2.24, 2.45) is 7.05 Å². The number of rotatable bonds is 5. The Hall–Kier alpha value is -1.96.